The van der Waals surface area contributed by atoms with Crippen LogP contribution in [0.1, 0.15) is 12.5 Å². The van der Waals surface area contributed by atoms with Gasteiger partial charge in [0.05, 0.1) is 19.3 Å². The molecule has 0 aromatic heterocycles. The summed E-state index contributed by atoms with van der Waals surface area (Å²) in [6, 6.07) is 5.38. The van der Waals surface area contributed by atoms with Crippen molar-refractivity contribution in [2.24, 2.45) is 0 Å². The Labute approximate surface area is 118 Å². The lowest BCUT2D eigenvalue weighted by Gasteiger charge is -2.31. The molecular weight excluding hydrogens is 264 g/mol. The van der Waals surface area contributed by atoms with E-state index in [0.717, 1.165) is 24.3 Å². The zero-order valence-electron chi connectivity index (χ0n) is 11.3. The molecular formula is C14H19ClN2O2. The summed E-state index contributed by atoms with van der Waals surface area (Å²) in [5.74, 6) is -0.0122. The van der Waals surface area contributed by atoms with E-state index >= 15 is 0 Å². The van der Waals surface area contributed by atoms with Crippen molar-refractivity contribution in [1.82, 2.24) is 4.90 Å². The molecule has 4 nitrogen and oxygen atoms in total. The molecule has 0 aliphatic carbocycles. The normalized spacial score (nSPS) is 18.1. The number of amides is 1. The van der Waals surface area contributed by atoms with Crippen molar-refractivity contribution in [2.75, 3.05) is 31.6 Å². The second-order valence-electron chi connectivity index (χ2n) is 4.78. The van der Waals surface area contributed by atoms with E-state index in [1.165, 1.54) is 0 Å². The molecule has 1 unspecified atom stereocenters. The molecule has 1 saturated heterocycles. The zero-order valence-corrected chi connectivity index (χ0v) is 12.0. The van der Waals surface area contributed by atoms with E-state index in [0.29, 0.717) is 18.2 Å². The van der Waals surface area contributed by atoms with Crippen molar-refractivity contribution in [3.63, 3.8) is 0 Å². The van der Waals surface area contributed by atoms with E-state index in [4.69, 9.17) is 16.3 Å². The van der Waals surface area contributed by atoms with Crippen molar-refractivity contribution in [3.05, 3.63) is 28.8 Å². The minimum atomic E-state index is -0.163. The van der Waals surface area contributed by atoms with Crippen LogP contribution >= 0.6 is 11.6 Å². The number of hydrogen-bond donors (Lipinski definition) is 1. The second kappa shape index (κ2) is 6.37. The first-order valence-electron chi connectivity index (χ1n) is 6.47. The number of anilines is 1. The zero-order chi connectivity index (χ0) is 13.8. The maximum Gasteiger partial charge on any atom is 0.241 e. The molecule has 19 heavy (non-hydrogen) atoms. The Kier molecular flexibility index (Phi) is 4.80. The number of aryl methyl sites for hydroxylation is 1. The Hall–Kier alpha value is -1.10. The molecule has 1 aromatic carbocycles. The van der Waals surface area contributed by atoms with E-state index < -0.39 is 0 Å². The van der Waals surface area contributed by atoms with Crippen LogP contribution in [0.5, 0.6) is 0 Å². The summed E-state index contributed by atoms with van der Waals surface area (Å²) < 4.78 is 5.29. The van der Waals surface area contributed by atoms with Crippen LogP contribution in [0, 0.1) is 6.92 Å². The van der Waals surface area contributed by atoms with Gasteiger partial charge >= 0.3 is 0 Å². The Bertz CT molecular complexity index is 459. The largest absolute Gasteiger partial charge is 0.379 e. The molecule has 1 atom stereocenters. The van der Waals surface area contributed by atoms with Crippen molar-refractivity contribution in [1.29, 1.82) is 0 Å². The average Bonchev–Trinajstić information content (AvgIpc) is 2.43. The molecule has 0 spiro atoms. The van der Waals surface area contributed by atoms with Gasteiger partial charge in [0.25, 0.3) is 0 Å². The van der Waals surface area contributed by atoms with Crippen LogP contribution in [0.3, 0.4) is 0 Å². The van der Waals surface area contributed by atoms with E-state index in [1.807, 2.05) is 26.0 Å². The molecule has 1 heterocycles. The summed E-state index contributed by atoms with van der Waals surface area (Å²) in [7, 11) is 0. The molecule has 1 aliphatic rings. The fraction of sp³-hybridized carbons (Fsp3) is 0.500. The second-order valence-corrected chi connectivity index (χ2v) is 5.18. The lowest BCUT2D eigenvalue weighted by Crippen LogP contribution is -2.47. The van der Waals surface area contributed by atoms with Crippen molar-refractivity contribution >= 4 is 23.2 Å². The van der Waals surface area contributed by atoms with E-state index in [2.05, 4.69) is 10.2 Å². The first kappa shape index (κ1) is 14.3. The van der Waals surface area contributed by atoms with Gasteiger partial charge in [-0.2, -0.15) is 0 Å². The highest BCUT2D eigenvalue weighted by Gasteiger charge is 2.23. The Balaban J connectivity index is 1.97. The monoisotopic (exact) mass is 282 g/mol. The number of hydrogen-bond acceptors (Lipinski definition) is 3. The molecule has 1 amide bonds. The van der Waals surface area contributed by atoms with Crippen LogP contribution in [0.25, 0.3) is 0 Å². The van der Waals surface area contributed by atoms with Crippen LogP contribution < -0.4 is 5.32 Å². The highest BCUT2D eigenvalue weighted by molar-refractivity contribution is 6.31. The number of carbonyl (C=O) groups is 1. The number of ether oxygens (including phenoxy) is 1. The Morgan fingerprint density at radius 1 is 1.42 bits per heavy atom. The van der Waals surface area contributed by atoms with Gasteiger partial charge in [-0.3, -0.25) is 9.69 Å². The minimum absolute atomic E-state index is 0.0122. The van der Waals surface area contributed by atoms with Gasteiger partial charge in [-0.15, -0.1) is 0 Å². The fourth-order valence-corrected chi connectivity index (χ4v) is 2.23. The lowest BCUT2D eigenvalue weighted by atomic mass is 10.2. The van der Waals surface area contributed by atoms with Gasteiger partial charge in [-0.05, 0) is 31.5 Å². The third-order valence-corrected chi connectivity index (χ3v) is 3.82. The molecule has 1 aromatic rings. The number of halogens is 1. The van der Waals surface area contributed by atoms with Gasteiger partial charge < -0.3 is 10.1 Å². The topological polar surface area (TPSA) is 41.6 Å². The fourth-order valence-electron chi connectivity index (χ4n) is 2.05. The van der Waals surface area contributed by atoms with Gasteiger partial charge in [0, 0.05) is 23.8 Å². The van der Waals surface area contributed by atoms with Crippen LogP contribution in [-0.2, 0) is 9.53 Å². The summed E-state index contributed by atoms with van der Waals surface area (Å²) >= 11 is 6.05. The van der Waals surface area contributed by atoms with Gasteiger partial charge in [-0.25, -0.2) is 0 Å². The van der Waals surface area contributed by atoms with E-state index in [9.17, 15) is 4.79 Å². The predicted octanol–water partition coefficient (Wildman–Crippen LogP) is 2.31. The summed E-state index contributed by atoms with van der Waals surface area (Å²) in [5, 5.41) is 3.56. The quantitative estimate of drug-likeness (QED) is 0.925. The molecule has 1 fully saturated rings. The number of morpholine rings is 1. The maximum absolute atomic E-state index is 12.2. The standard InChI is InChI=1S/C14H19ClN2O2/c1-10-3-4-12(9-13(10)15)16-14(18)11(2)17-5-7-19-8-6-17/h3-4,9,11H,5-8H2,1-2H3,(H,16,18). The number of carbonyl (C=O) groups excluding carboxylic acids is 1. The highest BCUT2D eigenvalue weighted by atomic mass is 35.5. The smallest absolute Gasteiger partial charge is 0.241 e. The van der Waals surface area contributed by atoms with Crippen LogP contribution in [-0.4, -0.2) is 43.2 Å². The SMILES string of the molecule is Cc1ccc(NC(=O)C(C)N2CCOCC2)cc1Cl. The number of nitrogens with one attached hydrogen (secondary N) is 1. The molecule has 0 radical (unpaired) electrons. The van der Waals surface area contributed by atoms with Crippen molar-refractivity contribution in [3.8, 4) is 0 Å². The maximum atomic E-state index is 12.2. The van der Waals surface area contributed by atoms with E-state index in [1.54, 1.807) is 6.07 Å². The summed E-state index contributed by atoms with van der Waals surface area (Å²) in [6.07, 6.45) is 0. The third kappa shape index (κ3) is 3.69. The number of nitrogens with zero attached hydrogens (tertiary/aromatic N) is 1. The molecule has 0 bridgehead atoms. The first-order chi connectivity index (χ1) is 9.08. The van der Waals surface area contributed by atoms with Gasteiger partial charge in [-0.1, -0.05) is 17.7 Å². The summed E-state index contributed by atoms with van der Waals surface area (Å²) in [6.45, 7) is 6.81. The molecule has 1 N–H and O–H groups in total. The molecule has 104 valence electrons. The van der Waals surface area contributed by atoms with Crippen molar-refractivity contribution in [2.45, 2.75) is 19.9 Å². The Morgan fingerprint density at radius 3 is 2.74 bits per heavy atom. The third-order valence-electron chi connectivity index (χ3n) is 3.41. The van der Waals surface area contributed by atoms with Crippen LogP contribution in [0.2, 0.25) is 5.02 Å². The molecule has 5 heteroatoms. The van der Waals surface area contributed by atoms with Crippen molar-refractivity contribution < 1.29 is 9.53 Å². The van der Waals surface area contributed by atoms with Gasteiger partial charge in [0.1, 0.15) is 0 Å². The molecule has 1 aliphatic heterocycles. The van der Waals surface area contributed by atoms with Gasteiger partial charge in [0.15, 0.2) is 0 Å². The number of rotatable bonds is 3. The Morgan fingerprint density at radius 2 is 2.11 bits per heavy atom. The van der Waals surface area contributed by atoms with Gasteiger partial charge in [0.2, 0.25) is 5.91 Å². The van der Waals surface area contributed by atoms with Crippen LogP contribution in [0.4, 0.5) is 5.69 Å². The number of benzene rings is 1. The lowest BCUT2D eigenvalue weighted by molar-refractivity contribution is -0.122. The average molecular weight is 283 g/mol. The highest BCUT2D eigenvalue weighted by Crippen LogP contribution is 2.20. The molecule has 2 rings (SSSR count). The van der Waals surface area contributed by atoms with E-state index in [-0.39, 0.29) is 11.9 Å². The summed E-state index contributed by atoms with van der Waals surface area (Å²) in [4.78, 5) is 14.3. The summed E-state index contributed by atoms with van der Waals surface area (Å²) in [5.41, 5.74) is 1.74. The predicted molar refractivity (Wildman–Crippen MR) is 76.7 cm³/mol. The first-order valence-corrected chi connectivity index (χ1v) is 6.84. The minimum Gasteiger partial charge on any atom is -0.379 e. The van der Waals surface area contributed by atoms with Crippen LogP contribution in [0.15, 0.2) is 18.2 Å². The molecule has 0 saturated carbocycles.